The summed E-state index contributed by atoms with van der Waals surface area (Å²) in [5.74, 6) is 1.60. The van der Waals surface area contributed by atoms with E-state index in [1.807, 2.05) is 0 Å². The first kappa shape index (κ1) is 12.1. The number of carbonyl (C=O) groups excluding carboxylic acids is 1. The van der Waals surface area contributed by atoms with Crippen LogP contribution in [0.5, 0.6) is 0 Å². The first-order valence-corrected chi connectivity index (χ1v) is 6.68. The Bertz CT molecular complexity index is 202. The van der Waals surface area contributed by atoms with Gasteiger partial charge in [-0.1, -0.05) is 52.3 Å². The van der Waals surface area contributed by atoms with E-state index in [-0.39, 0.29) is 0 Å². The second-order valence-corrected chi connectivity index (χ2v) is 5.83. The SMILES string of the molecule is CCC(C)C1CC(C(C)CC)C(=O)S1. The standard InChI is InChI=1S/C12H22OS/c1-5-8(3)10-7-11(9(4)6-2)14-12(10)13/h8-11H,5-7H2,1-4H3. The molecule has 1 fully saturated rings. The molecule has 0 saturated carbocycles. The second kappa shape index (κ2) is 5.20. The van der Waals surface area contributed by atoms with Gasteiger partial charge in [0, 0.05) is 11.2 Å². The van der Waals surface area contributed by atoms with E-state index in [4.69, 9.17) is 0 Å². The van der Waals surface area contributed by atoms with Gasteiger partial charge in [-0.15, -0.1) is 0 Å². The molecule has 1 nitrogen and oxygen atoms in total. The Hall–Kier alpha value is 0.0200. The molecule has 1 rings (SSSR count). The van der Waals surface area contributed by atoms with Crippen molar-refractivity contribution in [2.75, 3.05) is 0 Å². The van der Waals surface area contributed by atoms with Gasteiger partial charge in [-0.05, 0) is 18.3 Å². The van der Waals surface area contributed by atoms with Crippen LogP contribution in [0.15, 0.2) is 0 Å². The quantitative estimate of drug-likeness (QED) is 0.709. The zero-order valence-electron chi connectivity index (χ0n) is 9.75. The average molecular weight is 214 g/mol. The van der Waals surface area contributed by atoms with E-state index in [1.54, 1.807) is 11.8 Å². The van der Waals surface area contributed by atoms with Gasteiger partial charge in [0.1, 0.15) is 0 Å². The van der Waals surface area contributed by atoms with E-state index in [1.165, 1.54) is 6.42 Å². The highest BCUT2D eigenvalue weighted by atomic mass is 32.2. The van der Waals surface area contributed by atoms with Crippen LogP contribution in [-0.4, -0.2) is 10.4 Å². The van der Waals surface area contributed by atoms with Crippen molar-refractivity contribution in [3.8, 4) is 0 Å². The van der Waals surface area contributed by atoms with Crippen molar-refractivity contribution in [3.63, 3.8) is 0 Å². The Balaban J connectivity index is 2.55. The lowest BCUT2D eigenvalue weighted by Gasteiger charge is -2.17. The third-order valence-electron chi connectivity index (χ3n) is 3.67. The predicted molar refractivity (Wildman–Crippen MR) is 63.4 cm³/mol. The molecule has 1 aliphatic heterocycles. The van der Waals surface area contributed by atoms with E-state index in [0.29, 0.717) is 28.1 Å². The summed E-state index contributed by atoms with van der Waals surface area (Å²) in [5, 5.41) is 1.04. The van der Waals surface area contributed by atoms with Gasteiger partial charge >= 0.3 is 0 Å². The monoisotopic (exact) mass is 214 g/mol. The van der Waals surface area contributed by atoms with E-state index >= 15 is 0 Å². The molecule has 14 heavy (non-hydrogen) atoms. The summed E-state index contributed by atoms with van der Waals surface area (Å²) in [6.45, 7) is 8.87. The summed E-state index contributed by atoms with van der Waals surface area (Å²) < 4.78 is 0. The number of hydrogen-bond donors (Lipinski definition) is 0. The van der Waals surface area contributed by atoms with Crippen molar-refractivity contribution in [3.05, 3.63) is 0 Å². The van der Waals surface area contributed by atoms with Crippen molar-refractivity contribution in [1.82, 2.24) is 0 Å². The van der Waals surface area contributed by atoms with Crippen LogP contribution in [0.4, 0.5) is 0 Å². The van der Waals surface area contributed by atoms with Gasteiger partial charge in [0.05, 0.1) is 0 Å². The highest BCUT2D eigenvalue weighted by Gasteiger charge is 2.37. The third kappa shape index (κ3) is 2.53. The molecular weight excluding hydrogens is 192 g/mol. The first-order chi connectivity index (χ1) is 6.60. The molecule has 0 aromatic heterocycles. The molecule has 0 bridgehead atoms. The maximum atomic E-state index is 11.8. The van der Waals surface area contributed by atoms with Gasteiger partial charge in [0.15, 0.2) is 5.12 Å². The number of carbonyl (C=O) groups is 1. The molecule has 0 aromatic rings. The van der Waals surface area contributed by atoms with Gasteiger partial charge in [-0.2, -0.15) is 0 Å². The van der Waals surface area contributed by atoms with Crippen LogP contribution in [-0.2, 0) is 4.79 Å². The first-order valence-electron chi connectivity index (χ1n) is 5.80. The fraction of sp³-hybridized carbons (Fsp3) is 0.917. The van der Waals surface area contributed by atoms with Crippen molar-refractivity contribution in [2.24, 2.45) is 17.8 Å². The van der Waals surface area contributed by atoms with Crippen molar-refractivity contribution in [1.29, 1.82) is 0 Å². The second-order valence-electron chi connectivity index (χ2n) is 4.59. The van der Waals surface area contributed by atoms with Crippen LogP contribution in [0.1, 0.15) is 47.0 Å². The third-order valence-corrected chi connectivity index (χ3v) is 5.16. The molecule has 0 spiro atoms. The zero-order valence-corrected chi connectivity index (χ0v) is 10.6. The van der Waals surface area contributed by atoms with Crippen LogP contribution in [0.25, 0.3) is 0 Å². The average Bonchev–Trinajstić information content (AvgIpc) is 2.58. The van der Waals surface area contributed by atoms with Crippen LogP contribution in [0.2, 0.25) is 0 Å². The van der Waals surface area contributed by atoms with Crippen LogP contribution < -0.4 is 0 Å². The highest BCUT2D eigenvalue weighted by molar-refractivity contribution is 8.14. The Labute approximate surface area is 92.0 Å². The van der Waals surface area contributed by atoms with Crippen molar-refractivity contribution in [2.45, 2.75) is 52.2 Å². The molecule has 2 heteroatoms. The minimum absolute atomic E-state index is 0.337. The van der Waals surface area contributed by atoms with Gasteiger partial charge in [0.25, 0.3) is 0 Å². The van der Waals surface area contributed by atoms with E-state index in [0.717, 1.165) is 12.8 Å². The molecule has 0 radical (unpaired) electrons. The number of hydrogen-bond acceptors (Lipinski definition) is 2. The lowest BCUT2D eigenvalue weighted by atomic mass is 9.86. The molecule has 0 aliphatic carbocycles. The summed E-state index contributed by atoms with van der Waals surface area (Å²) in [6, 6.07) is 0. The molecule has 1 saturated heterocycles. The lowest BCUT2D eigenvalue weighted by molar-refractivity contribution is -0.115. The van der Waals surface area contributed by atoms with E-state index < -0.39 is 0 Å². The maximum Gasteiger partial charge on any atom is 0.192 e. The molecule has 1 aliphatic rings. The van der Waals surface area contributed by atoms with Crippen LogP contribution in [0, 0.1) is 17.8 Å². The summed E-state index contributed by atoms with van der Waals surface area (Å²) in [6.07, 6.45) is 3.44. The van der Waals surface area contributed by atoms with Gasteiger partial charge < -0.3 is 0 Å². The smallest absolute Gasteiger partial charge is 0.192 e. The lowest BCUT2D eigenvalue weighted by Crippen LogP contribution is -2.16. The zero-order chi connectivity index (χ0) is 10.7. The van der Waals surface area contributed by atoms with Crippen molar-refractivity contribution >= 4 is 16.9 Å². The maximum absolute atomic E-state index is 11.8. The molecule has 0 aromatic carbocycles. The summed E-state index contributed by atoms with van der Waals surface area (Å²) in [7, 11) is 0. The Kier molecular flexibility index (Phi) is 4.49. The largest absolute Gasteiger partial charge is 0.287 e. The van der Waals surface area contributed by atoms with Gasteiger partial charge in [-0.3, -0.25) is 4.79 Å². The normalized spacial score (nSPS) is 31.9. The Morgan fingerprint density at radius 3 is 2.36 bits per heavy atom. The summed E-state index contributed by atoms with van der Waals surface area (Å²) >= 11 is 1.61. The van der Waals surface area contributed by atoms with E-state index in [2.05, 4.69) is 27.7 Å². The molecule has 4 atom stereocenters. The molecular formula is C12H22OS. The molecule has 0 amide bonds. The van der Waals surface area contributed by atoms with Gasteiger partial charge in [-0.25, -0.2) is 0 Å². The Morgan fingerprint density at radius 2 is 1.86 bits per heavy atom. The van der Waals surface area contributed by atoms with Crippen LogP contribution in [0.3, 0.4) is 0 Å². The topological polar surface area (TPSA) is 17.1 Å². The van der Waals surface area contributed by atoms with Gasteiger partial charge in [0.2, 0.25) is 0 Å². The van der Waals surface area contributed by atoms with Crippen LogP contribution >= 0.6 is 11.8 Å². The highest BCUT2D eigenvalue weighted by Crippen LogP contribution is 2.42. The number of thioether (sulfide) groups is 1. The minimum atomic E-state index is 0.337. The Morgan fingerprint density at radius 1 is 1.29 bits per heavy atom. The summed E-state index contributed by atoms with van der Waals surface area (Å²) in [5.41, 5.74) is 0. The predicted octanol–water partition coefficient (Wildman–Crippen LogP) is 3.73. The minimum Gasteiger partial charge on any atom is -0.287 e. The summed E-state index contributed by atoms with van der Waals surface area (Å²) in [4.78, 5) is 11.8. The fourth-order valence-corrected chi connectivity index (χ4v) is 3.52. The molecule has 0 N–H and O–H groups in total. The fourth-order valence-electron chi connectivity index (χ4n) is 1.99. The van der Waals surface area contributed by atoms with E-state index in [9.17, 15) is 4.79 Å². The molecule has 4 unspecified atom stereocenters. The molecule has 82 valence electrons. The van der Waals surface area contributed by atoms with Crippen molar-refractivity contribution < 1.29 is 4.79 Å². The molecule has 1 heterocycles. The number of rotatable bonds is 4.